The van der Waals surface area contributed by atoms with Gasteiger partial charge in [0.1, 0.15) is 11.3 Å². The summed E-state index contributed by atoms with van der Waals surface area (Å²) in [6.07, 6.45) is 0.627. The lowest BCUT2D eigenvalue weighted by Crippen LogP contribution is -2.09. The van der Waals surface area contributed by atoms with E-state index in [1.54, 1.807) is 6.07 Å². The molecule has 1 aromatic heterocycles. The van der Waals surface area contributed by atoms with E-state index in [0.29, 0.717) is 25.2 Å². The average molecular weight is 323 g/mol. The van der Waals surface area contributed by atoms with Crippen molar-refractivity contribution in [2.75, 3.05) is 13.2 Å². The first-order chi connectivity index (χ1) is 11.7. The van der Waals surface area contributed by atoms with E-state index < -0.39 is 5.97 Å². The van der Waals surface area contributed by atoms with Crippen molar-refractivity contribution >= 4 is 16.9 Å². The zero-order valence-corrected chi connectivity index (χ0v) is 13.0. The van der Waals surface area contributed by atoms with Gasteiger partial charge in [0.05, 0.1) is 18.7 Å². The first-order valence-electron chi connectivity index (χ1n) is 7.68. The Morgan fingerprint density at radius 1 is 0.958 bits per heavy atom. The maximum atomic E-state index is 11.4. The summed E-state index contributed by atoms with van der Waals surface area (Å²) >= 11 is 0. The van der Waals surface area contributed by atoms with Crippen LogP contribution in [0.5, 0.6) is 11.6 Å². The van der Waals surface area contributed by atoms with E-state index in [1.807, 2.05) is 54.6 Å². The van der Waals surface area contributed by atoms with Gasteiger partial charge in [-0.15, -0.1) is 0 Å². The molecule has 3 rings (SSSR count). The maximum absolute atomic E-state index is 11.4. The van der Waals surface area contributed by atoms with Crippen molar-refractivity contribution in [1.29, 1.82) is 0 Å². The minimum Gasteiger partial charge on any atom is -0.493 e. The van der Waals surface area contributed by atoms with Crippen LogP contribution in [-0.4, -0.2) is 29.3 Å². The van der Waals surface area contributed by atoms with E-state index in [2.05, 4.69) is 4.98 Å². The number of fused-ring (bicyclic) bond motifs is 1. The number of carbonyl (C=O) groups is 1. The third kappa shape index (κ3) is 3.81. The van der Waals surface area contributed by atoms with Crippen LogP contribution in [0.2, 0.25) is 0 Å². The van der Waals surface area contributed by atoms with E-state index in [9.17, 15) is 9.90 Å². The lowest BCUT2D eigenvalue weighted by atomic mass is 10.1. The number of ether oxygens (including phenoxy) is 2. The number of pyridine rings is 1. The van der Waals surface area contributed by atoms with Crippen molar-refractivity contribution in [3.8, 4) is 11.6 Å². The quantitative estimate of drug-likeness (QED) is 0.670. The molecule has 0 spiro atoms. The number of carboxylic acids is 1. The molecule has 2 aromatic carbocycles. The molecule has 0 saturated carbocycles. The standard InChI is InChI=1S/C19H17NO4/c21-19(22)16-13-14-7-4-5-10-17(14)20-18(16)24-12-6-11-23-15-8-2-1-3-9-15/h1-5,7-10,13H,6,11-12H2,(H,21,22). The fourth-order valence-corrected chi connectivity index (χ4v) is 2.30. The smallest absolute Gasteiger partial charge is 0.341 e. The first kappa shape index (κ1) is 15.8. The van der Waals surface area contributed by atoms with Crippen LogP contribution in [-0.2, 0) is 0 Å². The van der Waals surface area contributed by atoms with Gasteiger partial charge in [-0.2, -0.15) is 0 Å². The topological polar surface area (TPSA) is 68.7 Å². The highest BCUT2D eigenvalue weighted by Crippen LogP contribution is 2.22. The fraction of sp³-hybridized carbons (Fsp3) is 0.158. The fourth-order valence-electron chi connectivity index (χ4n) is 2.30. The van der Waals surface area contributed by atoms with Crippen molar-refractivity contribution in [3.63, 3.8) is 0 Å². The maximum Gasteiger partial charge on any atom is 0.341 e. The lowest BCUT2D eigenvalue weighted by Gasteiger charge is -2.10. The molecule has 0 atom stereocenters. The predicted octanol–water partition coefficient (Wildman–Crippen LogP) is 3.78. The average Bonchev–Trinajstić information content (AvgIpc) is 2.61. The molecule has 0 saturated heterocycles. The molecule has 122 valence electrons. The van der Waals surface area contributed by atoms with Crippen molar-refractivity contribution in [1.82, 2.24) is 4.98 Å². The SMILES string of the molecule is O=C(O)c1cc2ccccc2nc1OCCCOc1ccccc1. The lowest BCUT2D eigenvalue weighted by molar-refractivity contribution is 0.0691. The minimum atomic E-state index is -1.05. The van der Waals surface area contributed by atoms with Gasteiger partial charge < -0.3 is 14.6 Å². The molecular formula is C19H17NO4. The third-order valence-corrected chi connectivity index (χ3v) is 3.46. The van der Waals surface area contributed by atoms with Gasteiger partial charge >= 0.3 is 5.97 Å². The number of nitrogens with zero attached hydrogens (tertiary/aromatic N) is 1. The Morgan fingerprint density at radius 3 is 2.46 bits per heavy atom. The highest BCUT2D eigenvalue weighted by Gasteiger charge is 2.14. The Balaban J connectivity index is 1.61. The summed E-state index contributed by atoms with van der Waals surface area (Å²) in [6, 6.07) is 18.4. The molecule has 24 heavy (non-hydrogen) atoms. The Kier molecular flexibility index (Phi) is 4.91. The Hall–Kier alpha value is -3.08. The Bertz CT molecular complexity index is 833. The normalized spacial score (nSPS) is 10.5. The number of rotatable bonds is 7. The number of aromatic carboxylic acids is 1. The minimum absolute atomic E-state index is 0.0673. The molecule has 5 nitrogen and oxygen atoms in total. The van der Waals surface area contributed by atoms with Gasteiger partial charge in [-0.05, 0) is 24.3 Å². The number of para-hydroxylation sites is 2. The monoisotopic (exact) mass is 323 g/mol. The van der Waals surface area contributed by atoms with Crippen LogP contribution in [0.1, 0.15) is 16.8 Å². The number of aromatic nitrogens is 1. The molecule has 3 aromatic rings. The van der Waals surface area contributed by atoms with Crippen LogP contribution in [0.3, 0.4) is 0 Å². The summed E-state index contributed by atoms with van der Waals surface area (Å²) in [5, 5.41) is 10.1. The van der Waals surface area contributed by atoms with Crippen LogP contribution in [0.15, 0.2) is 60.7 Å². The highest BCUT2D eigenvalue weighted by molar-refractivity contribution is 5.95. The Labute approximate surface area is 139 Å². The molecule has 5 heteroatoms. The van der Waals surface area contributed by atoms with Gasteiger partial charge in [-0.3, -0.25) is 0 Å². The predicted molar refractivity (Wildman–Crippen MR) is 90.8 cm³/mol. The van der Waals surface area contributed by atoms with Crippen LogP contribution in [0.4, 0.5) is 0 Å². The van der Waals surface area contributed by atoms with Gasteiger partial charge in [-0.25, -0.2) is 9.78 Å². The molecule has 0 fully saturated rings. The van der Waals surface area contributed by atoms with Crippen molar-refractivity contribution in [2.45, 2.75) is 6.42 Å². The molecular weight excluding hydrogens is 306 g/mol. The zero-order valence-electron chi connectivity index (χ0n) is 13.0. The van der Waals surface area contributed by atoms with E-state index >= 15 is 0 Å². The van der Waals surface area contributed by atoms with Gasteiger partial charge in [0.25, 0.3) is 0 Å². The van der Waals surface area contributed by atoms with Crippen LogP contribution in [0, 0.1) is 0 Å². The summed E-state index contributed by atoms with van der Waals surface area (Å²) in [5.41, 5.74) is 0.774. The molecule has 1 N–H and O–H groups in total. The Morgan fingerprint density at radius 2 is 1.67 bits per heavy atom. The number of hydrogen-bond donors (Lipinski definition) is 1. The molecule has 0 bridgehead atoms. The highest BCUT2D eigenvalue weighted by atomic mass is 16.5. The van der Waals surface area contributed by atoms with Gasteiger partial charge in [0.2, 0.25) is 5.88 Å². The molecule has 0 amide bonds. The van der Waals surface area contributed by atoms with Crippen LogP contribution in [0.25, 0.3) is 10.9 Å². The van der Waals surface area contributed by atoms with Gasteiger partial charge in [0, 0.05) is 11.8 Å². The van der Waals surface area contributed by atoms with Crippen molar-refractivity contribution < 1.29 is 19.4 Å². The molecule has 0 unspecified atom stereocenters. The third-order valence-electron chi connectivity index (χ3n) is 3.46. The van der Waals surface area contributed by atoms with E-state index in [1.165, 1.54) is 0 Å². The van der Waals surface area contributed by atoms with E-state index in [0.717, 1.165) is 11.1 Å². The molecule has 0 aliphatic rings. The second-order valence-corrected chi connectivity index (χ2v) is 5.20. The number of carboxylic acid groups (broad SMARTS) is 1. The zero-order chi connectivity index (χ0) is 16.8. The van der Waals surface area contributed by atoms with Crippen LogP contribution < -0.4 is 9.47 Å². The number of benzene rings is 2. The summed E-state index contributed by atoms with van der Waals surface area (Å²) in [7, 11) is 0. The van der Waals surface area contributed by atoms with E-state index in [4.69, 9.17) is 9.47 Å². The molecule has 0 aliphatic carbocycles. The van der Waals surface area contributed by atoms with Crippen molar-refractivity contribution in [3.05, 3.63) is 66.2 Å². The largest absolute Gasteiger partial charge is 0.493 e. The summed E-state index contributed by atoms with van der Waals surface area (Å²) in [6.45, 7) is 0.818. The van der Waals surface area contributed by atoms with Crippen LogP contribution >= 0.6 is 0 Å². The second kappa shape index (κ2) is 7.46. The second-order valence-electron chi connectivity index (χ2n) is 5.20. The van der Waals surface area contributed by atoms with Crippen molar-refractivity contribution in [2.24, 2.45) is 0 Å². The molecule has 0 aliphatic heterocycles. The van der Waals surface area contributed by atoms with Gasteiger partial charge in [0.15, 0.2) is 0 Å². The van der Waals surface area contributed by atoms with Gasteiger partial charge in [-0.1, -0.05) is 36.4 Å². The summed E-state index contributed by atoms with van der Waals surface area (Å²) in [5.74, 6) is -0.114. The summed E-state index contributed by atoms with van der Waals surface area (Å²) in [4.78, 5) is 15.7. The molecule has 0 radical (unpaired) electrons. The van der Waals surface area contributed by atoms with E-state index in [-0.39, 0.29) is 11.4 Å². The summed E-state index contributed by atoms with van der Waals surface area (Å²) < 4.78 is 11.1. The first-order valence-corrected chi connectivity index (χ1v) is 7.68. The molecule has 1 heterocycles. The number of hydrogen-bond acceptors (Lipinski definition) is 4.